The average Bonchev–Trinajstić information content (AvgIpc) is 2.68. The van der Waals surface area contributed by atoms with Gasteiger partial charge in [0.05, 0.1) is 0 Å². The van der Waals surface area contributed by atoms with Gasteiger partial charge in [-0.2, -0.15) is 0 Å². The van der Waals surface area contributed by atoms with Crippen LogP contribution >= 0.6 is 0 Å². The molecule has 1 heterocycles. The molecule has 0 aromatic heterocycles. The van der Waals surface area contributed by atoms with E-state index in [4.69, 9.17) is 0 Å². The molecule has 0 spiro atoms. The Balaban J connectivity index is 0.000000750. The van der Waals surface area contributed by atoms with Crippen LogP contribution in [-0.2, 0) is 20.3 Å². The monoisotopic (exact) mass is 249 g/mol. The Morgan fingerprint density at radius 1 is 0.923 bits per heavy atom. The van der Waals surface area contributed by atoms with Crippen LogP contribution in [0, 0.1) is 0 Å². The summed E-state index contributed by atoms with van der Waals surface area (Å²) >= 11 is -1.76. The molecule has 0 aromatic rings. The van der Waals surface area contributed by atoms with E-state index in [0.29, 0.717) is 0 Å². The van der Waals surface area contributed by atoms with Crippen LogP contribution in [0.25, 0.3) is 0 Å². The van der Waals surface area contributed by atoms with E-state index in [1.807, 2.05) is 6.56 Å². The SMILES string of the molecule is C1=CC[C]([Zr]2([C]3=CC=CC3)[CH2][CH2]2)=C1.[H-]. The van der Waals surface area contributed by atoms with Gasteiger partial charge in [0.2, 0.25) is 0 Å². The zero-order chi connectivity index (χ0) is 8.73. The largest absolute Gasteiger partial charge is 1.00 e. The molecule has 0 bridgehead atoms. The first-order valence-electron chi connectivity index (χ1n) is 5.14. The maximum absolute atomic E-state index is 2.42. The van der Waals surface area contributed by atoms with E-state index in [1.165, 1.54) is 12.8 Å². The van der Waals surface area contributed by atoms with Gasteiger partial charge in [-0.1, -0.05) is 0 Å². The third-order valence-corrected chi connectivity index (χ3v) is 15.1. The summed E-state index contributed by atoms with van der Waals surface area (Å²) in [5.41, 5.74) is 0. The number of rotatable bonds is 2. The van der Waals surface area contributed by atoms with Crippen LogP contribution in [0.3, 0.4) is 0 Å². The van der Waals surface area contributed by atoms with Gasteiger partial charge < -0.3 is 1.43 Å². The summed E-state index contributed by atoms with van der Waals surface area (Å²) in [5, 5.41) is 0. The van der Waals surface area contributed by atoms with Crippen molar-refractivity contribution < 1.29 is 21.7 Å². The van der Waals surface area contributed by atoms with Gasteiger partial charge in [0.1, 0.15) is 0 Å². The number of hydrogen-bond donors (Lipinski definition) is 0. The average molecular weight is 250 g/mol. The molecule has 2 aliphatic carbocycles. The minimum absolute atomic E-state index is 0. The van der Waals surface area contributed by atoms with Crippen LogP contribution in [0.2, 0.25) is 8.26 Å². The Labute approximate surface area is 85.6 Å². The molecule has 1 aliphatic heterocycles. The fraction of sp³-hybridized carbons (Fsp3) is 0.333. The van der Waals surface area contributed by atoms with E-state index < -0.39 is 20.3 Å². The molecule has 0 saturated carbocycles. The van der Waals surface area contributed by atoms with Gasteiger partial charge in [0.15, 0.2) is 0 Å². The minimum Gasteiger partial charge on any atom is -1.00 e. The van der Waals surface area contributed by atoms with E-state index in [-0.39, 0.29) is 1.43 Å². The molecular weight excluding hydrogens is 235 g/mol. The van der Waals surface area contributed by atoms with Crippen LogP contribution in [-0.4, -0.2) is 0 Å². The molecule has 0 atom stereocenters. The molecule has 0 nitrogen and oxygen atoms in total. The zero-order valence-electron chi connectivity index (χ0n) is 8.79. The topological polar surface area (TPSA) is 0 Å². The van der Waals surface area contributed by atoms with Crippen molar-refractivity contribution in [2.45, 2.75) is 21.1 Å². The van der Waals surface area contributed by atoms with E-state index in [0.717, 1.165) is 0 Å². The van der Waals surface area contributed by atoms with Crippen molar-refractivity contribution >= 4 is 0 Å². The Morgan fingerprint density at radius 2 is 1.46 bits per heavy atom. The second-order valence-electron chi connectivity index (χ2n) is 4.23. The van der Waals surface area contributed by atoms with Crippen molar-refractivity contribution in [3.63, 3.8) is 0 Å². The first kappa shape index (κ1) is 8.18. The maximum Gasteiger partial charge on any atom is -1.00 e. The van der Waals surface area contributed by atoms with Crippen molar-refractivity contribution in [2.24, 2.45) is 0 Å². The molecule has 0 N–H and O–H groups in total. The molecule has 0 unspecified atom stereocenters. The van der Waals surface area contributed by atoms with Gasteiger partial charge in [-0.3, -0.25) is 0 Å². The van der Waals surface area contributed by atoms with Crippen LogP contribution in [0.5, 0.6) is 0 Å². The van der Waals surface area contributed by atoms with Crippen molar-refractivity contribution in [3.8, 4) is 0 Å². The van der Waals surface area contributed by atoms with E-state index in [1.54, 1.807) is 8.26 Å². The molecule has 0 radical (unpaired) electrons. The third kappa shape index (κ3) is 1.21. The summed E-state index contributed by atoms with van der Waals surface area (Å²) in [6, 6.07) is 0. The zero-order valence-corrected chi connectivity index (χ0v) is 10.3. The van der Waals surface area contributed by atoms with E-state index in [9.17, 15) is 0 Å². The summed E-state index contributed by atoms with van der Waals surface area (Å²) in [6.45, 7) is 0. The van der Waals surface area contributed by atoms with Crippen LogP contribution in [0.4, 0.5) is 0 Å². The molecule has 1 heteroatoms. The third-order valence-electron chi connectivity index (χ3n) is 3.52. The summed E-state index contributed by atoms with van der Waals surface area (Å²) in [4.78, 5) is 0. The van der Waals surface area contributed by atoms with Gasteiger partial charge in [-0.25, -0.2) is 0 Å². The minimum atomic E-state index is -1.76. The first-order chi connectivity index (χ1) is 6.42. The molecule has 1 saturated heterocycles. The Hall–Kier alpha value is -0.157. The predicted octanol–water partition coefficient (Wildman–Crippen LogP) is 3.79. The van der Waals surface area contributed by atoms with Crippen LogP contribution < -0.4 is 0 Å². The predicted molar refractivity (Wildman–Crippen MR) is 54.4 cm³/mol. The quantitative estimate of drug-likeness (QED) is 0.699. The smallest absolute Gasteiger partial charge is 1.00 e. The fourth-order valence-electron chi connectivity index (χ4n) is 2.58. The number of hydrogen-bond acceptors (Lipinski definition) is 0. The van der Waals surface area contributed by atoms with Gasteiger partial charge in [-0.05, 0) is 0 Å². The Bertz CT molecular complexity index is 325. The van der Waals surface area contributed by atoms with Gasteiger partial charge in [0.25, 0.3) is 0 Å². The van der Waals surface area contributed by atoms with Crippen molar-refractivity contribution in [3.05, 3.63) is 43.0 Å². The maximum atomic E-state index is 2.42. The van der Waals surface area contributed by atoms with Crippen molar-refractivity contribution in [1.82, 2.24) is 0 Å². The molecule has 0 amide bonds. The molecule has 3 aliphatic rings. The van der Waals surface area contributed by atoms with Gasteiger partial charge in [-0.15, -0.1) is 0 Å². The molecule has 13 heavy (non-hydrogen) atoms. The number of allylic oxidation sites excluding steroid dienone is 8. The molecular formula is C12H15Zr-. The molecule has 1 fully saturated rings. The molecule has 68 valence electrons. The standard InChI is InChI=1S/2C5H5.C2H4.Zr.H/c2*1-2-4-5-3-1;1-2;;/h2*1-3H,4H2;1-2H2;;/q;;;;-1. The Kier molecular flexibility index (Phi) is 1.84. The normalized spacial score (nSPS) is 27.7. The van der Waals surface area contributed by atoms with Crippen LogP contribution in [0.1, 0.15) is 14.3 Å². The van der Waals surface area contributed by atoms with Gasteiger partial charge >= 0.3 is 84.4 Å². The van der Waals surface area contributed by atoms with E-state index >= 15 is 0 Å². The summed E-state index contributed by atoms with van der Waals surface area (Å²) in [6.07, 6.45) is 16.6. The van der Waals surface area contributed by atoms with Crippen LogP contribution in [0.15, 0.2) is 43.0 Å². The second-order valence-corrected chi connectivity index (χ2v) is 15.2. The molecule has 0 aromatic carbocycles. The van der Waals surface area contributed by atoms with E-state index in [2.05, 4.69) is 36.5 Å². The van der Waals surface area contributed by atoms with Crippen molar-refractivity contribution in [1.29, 1.82) is 0 Å². The Morgan fingerprint density at radius 3 is 1.77 bits per heavy atom. The van der Waals surface area contributed by atoms with Crippen molar-refractivity contribution in [2.75, 3.05) is 0 Å². The fourth-order valence-corrected chi connectivity index (χ4v) is 15.5. The molecule has 3 rings (SSSR count). The summed E-state index contributed by atoms with van der Waals surface area (Å²) in [7, 11) is 0. The second kappa shape index (κ2) is 2.92. The summed E-state index contributed by atoms with van der Waals surface area (Å²) in [5.74, 6) is 0. The summed E-state index contributed by atoms with van der Waals surface area (Å²) < 4.78 is 6.92. The van der Waals surface area contributed by atoms with Gasteiger partial charge in [0, 0.05) is 0 Å². The first-order valence-corrected chi connectivity index (χ1v) is 11.1.